The van der Waals surface area contributed by atoms with Gasteiger partial charge in [-0.1, -0.05) is 78.9 Å². The van der Waals surface area contributed by atoms with Crippen molar-refractivity contribution in [3.63, 3.8) is 0 Å². The zero-order valence-electron chi connectivity index (χ0n) is 17.0. The quantitative estimate of drug-likeness (QED) is 0.441. The summed E-state index contributed by atoms with van der Waals surface area (Å²) in [6.07, 6.45) is 2.45. The SMILES string of the molecule is CC(C(O)c1ccccc1)N(C)C(Cc1ccccc1)c1c[nH]c2ccccc12. The summed E-state index contributed by atoms with van der Waals surface area (Å²) in [5.41, 5.74) is 4.64. The largest absolute Gasteiger partial charge is 0.387 e. The number of benzene rings is 3. The third-order valence-corrected chi connectivity index (χ3v) is 5.98. The van der Waals surface area contributed by atoms with Gasteiger partial charge in [0.25, 0.3) is 0 Å². The summed E-state index contributed by atoms with van der Waals surface area (Å²) in [5, 5.41) is 12.3. The minimum atomic E-state index is -0.551. The molecule has 0 radical (unpaired) electrons. The van der Waals surface area contributed by atoms with E-state index in [9.17, 15) is 5.11 Å². The number of hydrogen-bond donors (Lipinski definition) is 2. The van der Waals surface area contributed by atoms with Crippen LogP contribution in [0.25, 0.3) is 10.9 Å². The van der Waals surface area contributed by atoms with Gasteiger partial charge >= 0.3 is 0 Å². The number of likely N-dealkylation sites (N-methyl/N-ethyl adjacent to an activating group) is 1. The number of nitrogens with zero attached hydrogens (tertiary/aromatic N) is 1. The lowest BCUT2D eigenvalue weighted by atomic mass is 9.94. The molecule has 1 aromatic heterocycles. The monoisotopic (exact) mass is 384 g/mol. The Kier molecular flexibility index (Phi) is 5.79. The predicted molar refractivity (Wildman–Crippen MR) is 120 cm³/mol. The fourth-order valence-corrected chi connectivity index (χ4v) is 4.12. The number of aromatic amines is 1. The molecule has 0 amide bonds. The first-order valence-electron chi connectivity index (χ1n) is 10.2. The number of aliphatic hydroxyl groups excluding tert-OH is 1. The maximum atomic E-state index is 11.0. The third kappa shape index (κ3) is 4.12. The maximum absolute atomic E-state index is 11.0. The van der Waals surface area contributed by atoms with E-state index < -0.39 is 6.10 Å². The van der Waals surface area contributed by atoms with E-state index in [0.717, 1.165) is 17.5 Å². The van der Waals surface area contributed by atoms with Crippen molar-refractivity contribution < 1.29 is 5.11 Å². The molecular formula is C26H28N2O. The molecule has 148 valence electrons. The van der Waals surface area contributed by atoms with Crippen LogP contribution in [0.5, 0.6) is 0 Å². The molecule has 3 atom stereocenters. The van der Waals surface area contributed by atoms with E-state index in [1.165, 1.54) is 16.5 Å². The highest BCUT2D eigenvalue weighted by atomic mass is 16.3. The smallest absolute Gasteiger partial charge is 0.0942 e. The number of hydrogen-bond acceptors (Lipinski definition) is 2. The molecule has 0 spiro atoms. The molecule has 3 nitrogen and oxygen atoms in total. The van der Waals surface area contributed by atoms with E-state index in [2.05, 4.69) is 84.6 Å². The Balaban J connectivity index is 1.69. The van der Waals surface area contributed by atoms with Crippen molar-refractivity contribution in [2.45, 2.75) is 31.5 Å². The van der Waals surface area contributed by atoms with Gasteiger partial charge in [-0.05, 0) is 43.1 Å². The van der Waals surface area contributed by atoms with Crippen molar-refractivity contribution in [3.05, 3.63) is 108 Å². The second-order valence-corrected chi connectivity index (χ2v) is 7.76. The van der Waals surface area contributed by atoms with Gasteiger partial charge in [-0.3, -0.25) is 4.90 Å². The Bertz CT molecular complexity index is 1040. The molecule has 0 aliphatic heterocycles. The first-order valence-corrected chi connectivity index (χ1v) is 10.2. The number of aliphatic hydroxyl groups is 1. The van der Waals surface area contributed by atoms with Crippen molar-refractivity contribution in [1.29, 1.82) is 0 Å². The Hall–Kier alpha value is -2.88. The first-order chi connectivity index (χ1) is 14.1. The molecule has 3 unspecified atom stereocenters. The van der Waals surface area contributed by atoms with E-state index in [1.807, 2.05) is 30.3 Å². The van der Waals surface area contributed by atoms with E-state index in [4.69, 9.17) is 0 Å². The zero-order chi connectivity index (χ0) is 20.2. The fraction of sp³-hybridized carbons (Fsp3) is 0.231. The van der Waals surface area contributed by atoms with Gasteiger partial charge in [0.1, 0.15) is 0 Å². The molecule has 4 aromatic rings. The number of aromatic nitrogens is 1. The Morgan fingerprint density at radius 2 is 1.48 bits per heavy atom. The molecule has 0 bridgehead atoms. The van der Waals surface area contributed by atoms with Crippen LogP contribution >= 0.6 is 0 Å². The van der Waals surface area contributed by atoms with Gasteiger partial charge in [0.15, 0.2) is 0 Å². The van der Waals surface area contributed by atoms with Crippen LogP contribution in [0, 0.1) is 0 Å². The van der Waals surface area contributed by atoms with Gasteiger partial charge in [-0.25, -0.2) is 0 Å². The predicted octanol–water partition coefficient (Wildman–Crippen LogP) is 5.51. The van der Waals surface area contributed by atoms with E-state index in [1.54, 1.807) is 0 Å². The number of nitrogens with one attached hydrogen (secondary N) is 1. The van der Waals surface area contributed by atoms with Gasteiger partial charge in [0, 0.05) is 29.2 Å². The van der Waals surface area contributed by atoms with Crippen LogP contribution < -0.4 is 0 Å². The molecular weight excluding hydrogens is 356 g/mol. The second-order valence-electron chi connectivity index (χ2n) is 7.76. The number of H-pyrrole nitrogens is 1. The number of fused-ring (bicyclic) bond motifs is 1. The van der Waals surface area contributed by atoms with Crippen LogP contribution in [-0.2, 0) is 6.42 Å². The fourth-order valence-electron chi connectivity index (χ4n) is 4.12. The minimum Gasteiger partial charge on any atom is -0.387 e. The van der Waals surface area contributed by atoms with Crippen molar-refractivity contribution in [2.24, 2.45) is 0 Å². The van der Waals surface area contributed by atoms with Crippen LogP contribution in [0.3, 0.4) is 0 Å². The molecule has 3 heteroatoms. The molecule has 0 saturated heterocycles. The van der Waals surface area contributed by atoms with Gasteiger partial charge in [0.05, 0.1) is 6.10 Å². The average Bonchev–Trinajstić information content (AvgIpc) is 3.21. The topological polar surface area (TPSA) is 39.3 Å². The summed E-state index contributed by atoms with van der Waals surface area (Å²) in [4.78, 5) is 5.73. The summed E-state index contributed by atoms with van der Waals surface area (Å²) in [6.45, 7) is 2.10. The van der Waals surface area contributed by atoms with E-state index in [-0.39, 0.29) is 12.1 Å². The van der Waals surface area contributed by atoms with Crippen molar-refractivity contribution in [3.8, 4) is 0 Å². The van der Waals surface area contributed by atoms with E-state index >= 15 is 0 Å². The van der Waals surface area contributed by atoms with Gasteiger partial charge in [-0.2, -0.15) is 0 Å². The Morgan fingerprint density at radius 1 is 0.862 bits per heavy atom. The molecule has 0 fully saturated rings. The summed E-state index contributed by atoms with van der Waals surface area (Å²) in [5.74, 6) is 0. The van der Waals surface area contributed by atoms with Crippen molar-refractivity contribution >= 4 is 10.9 Å². The van der Waals surface area contributed by atoms with Crippen LogP contribution in [0.1, 0.15) is 35.8 Å². The van der Waals surface area contributed by atoms with E-state index in [0.29, 0.717) is 0 Å². The number of rotatable bonds is 7. The first kappa shape index (κ1) is 19.4. The highest BCUT2D eigenvalue weighted by molar-refractivity contribution is 5.83. The standard InChI is InChI=1S/C26H28N2O/c1-19(26(29)21-13-7-4-8-14-21)28(2)25(17-20-11-5-3-6-12-20)23-18-27-24-16-10-9-15-22(23)24/h3-16,18-19,25-27,29H,17H2,1-2H3. The second kappa shape index (κ2) is 8.64. The third-order valence-electron chi connectivity index (χ3n) is 5.98. The summed E-state index contributed by atoms with van der Waals surface area (Å²) >= 11 is 0. The minimum absolute atomic E-state index is 0.0419. The highest BCUT2D eigenvalue weighted by Gasteiger charge is 2.28. The normalized spacial score (nSPS) is 14.8. The molecule has 29 heavy (non-hydrogen) atoms. The van der Waals surface area contributed by atoms with Crippen LogP contribution in [0.2, 0.25) is 0 Å². The molecule has 0 aliphatic carbocycles. The van der Waals surface area contributed by atoms with Crippen LogP contribution in [-0.4, -0.2) is 28.1 Å². The highest BCUT2D eigenvalue weighted by Crippen LogP contribution is 2.34. The lowest BCUT2D eigenvalue weighted by Crippen LogP contribution is -2.38. The molecule has 0 aliphatic rings. The van der Waals surface area contributed by atoms with Crippen LogP contribution in [0.4, 0.5) is 0 Å². The number of para-hydroxylation sites is 1. The lowest BCUT2D eigenvalue weighted by Gasteiger charge is -2.36. The van der Waals surface area contributed by atoms with Crippen LogP contribution in [0.15, 0.2) is 91.1 Å². The molecule has 2 N–H and O–H groups in total. The van der Waals surface area contributed by atoms with Gasteiger partial charge < -0.3 is 10.1 Å². The summed E-state index contributed by atoms with van der Waals surface area (Å²) in [6, 6.07) is 29.0. The Labute approximate surface area is 172 Å². The van der Waals surface area contributed by atoms with Crippen molar-refractivity contribution in [1.82, 2.24) is 9.88 Å². The zero-order valence-corrected chi connectivity index (χ0v) is 17.0. The average molecular weight is 385 g/mol. The molecule has 4 rings (SSSR count). The van der Waals surface area contributed by atoms with Gasteiger partial charge in [-0.15, -0.1) is 0 Å². The molecule has 1 heterocycles. The van der Waals surface area contributed by atoms with Gasteiger partial charge in [0.2, 0.25) is 0 Å². The Morgan fingerprint density at radius 3 is 2.21 bits per heavy atom. The summed E-state index contributed by atoms with van der Waals surface area (Å²) < 4.78 is 0. The lowest BCUT2D eigenvalue weighted by molar-refractivity contribution is 0.0488. The van der Waals surface area contributed by atoms with Crippen molar-refractivity contribution in [2.75, 3.05) is 7.05 Å². The molecule has 0 saturated carbocycles. The summed E-state index contributed by atoms with van der Waals surface area (Å²) in [7, 11) is 2.12. The molecule has 3 aromatic carbocycles. The maximum Gasteiger partial charge on any atom is 0.0942 e.